The molecule has 4 rings (SSSR count). The third-order valence-electron chi connectivity index (χ3n) is 5.45. The maximum Gasteiger partial charge on any atom is 0.413 e. The van der Waals surface area contributed by atoms with Crippen molar-refractivity contribution in [2.45, 2.75) is 39.7 Å². The van der Waals surface area contributed by atoms with Gasteiger partial charge in [-0.05, 0) is 76.1 Å². The van der Waals surface area contributed by atoms with Crippen molar-refractivity contribution in [1.29, 1.82) is 0 Å². The molecule has 36 heavy (non-hydrogen) atoms. The first-order chi connectivity index (χ1) is 17.0. The summed E-state index contributed by atoms with van der Waals surface area (Å²) in [6.45, 7) is 11.7. The highest BCUT2D eigenvalue weighted by Gasteiger charge is 2.17. The topological polar surface area (TPSA) is 91.1 Å². The van der Waals surface area contributed by atoms with Crippen molar-refractivity contribution in [3.05, 3.63) is 76.3 Å². The normalized spacial score (nSPS) is 11.5. The van der Waals surface area contributed by atoms with Crippen LogP contribution in [0.1, 0.15) is 32.0 Å². The zero-order valence-corrected chi connectivity index (χ0v) is 22.2. The van der Waals surface area contributed by atoms with Gasteiger partial charge in [-0.15, -0.1) is 0 Å². The van der Waals surface area contributed by atoms with E-state index in [0.29, 0.717) is 28.8 Å². The number of benzene rings is 2. The van der Waals surface area contributed by atoms with Crippen molar-refractivity contribution < 1.29 is 9.53 Å². The molecule has 0 aliphatic rings. The van der Waals surface area contributed by atoms with Crippen LogP contribution in [0.5, 0.6) is 0 Å². The highest BCUT2D eigenvalue weighted by atomic mass is 35.5. The van der Waals surface area contributed by atoms with Gasteiger partial charge in [0.05, 0.1) is 22.6 Å². The number of alkyl carbamates (subject to hydrolysis) is 1. The van der Waals surface area contributed by atoms with Crippen LogP contribution in [-0.2, 0) is 11.2 Å². The van der Waals surface area contributed by atoms with Gasteiger partial charge in [-0.2, -0.15) is 0 Å². The van der Waals surface area contributed by atoms with Crippen molar-refractivity contribution >= 4 is 62.5 Å². The van der Waals surface area contributed by atoms with E-state index in [9.17, 15) is 4.79 Å². The van der Waals surface area contributed by atoms with Crippen LogP contribution in [-0.4, -0.2) is 28.2 Å². The van der Waals surface area contributed by atoms with Crippen LogP contribution in [0.4, 0.5) is 16.2 Å². The largest absolute Gasteiger partial charge is 0.444 e. The molecular weight excluding hydrogens is 497 g/mol. The fourth-order valence-electron chi connectivity index (χ4n) is 3.87. The molecule has 0 aliphatic carbocycles. The maximum absolute atomic E-state index is 12.0. The lowest BCUT2D eigenvalue weighted by Gasteiger charge is -2.20. The van der Waals surface area contributed by atoms with Gasteiger partial charge in [-0.3, -0.25) is 10.3 Å². The van der Waals surface area contributed by atoms with E-state index in [4.69, 9.17) is 27.9 Å². The van der Waals surface area contributed by atoms with E-state index in [1.54, 1.807) is 6.20 Å². The number of H-pyrrole nitrogens is 1. The second-order valence-electron chi connectivity index (χ2n) is 9.57. The average molecular weight is 526 g/mol. The van der Waals surface area contributed by atoms with Crippen LogP contribution in [0.25, 0.3) is 21.8 Å². The average Bonchev–Trinajstić information content (AvgIpc) is 3.13. The number of nitrogens with zero attached hydrogens (tertiary/aromatic N) is 1. The molecule has 1 amide bonds. The highest BCUT2D eigenvalue weighted by molar-refractivity contribution is 6.32. The van der Waals surface area contributed by atoms with Gasteiger partial charge in [-0.25, -0.2) is 4.79 Å². The molecule has 0 bridgehead atoms. The molecule has 0 spiro atoms. The Labute approximate surface area is 220 Å². The zero-order chi connectivity index (χ0) is 26.0. The number of pyridine rings is 1. The van der Waals surface area contributed by atoms with Crippen molar-refractivity contribution in [3.63, 3.8) is 0 Å². The predicted octanol–water partition coefficient (Wildman–Crippen LogP) is 7.20. The van der Waals surface area contributed by atoms with Gasteiger partial charge in [0.25, 0.3) is 0 Å². The highest BCUT2D eigenvalue weighted by Crippen LogP contribution is 2.34. The van der Waals surface area contributed by atoms with Crippen LogP contribution in [0, 0.1) is 6.92 Å². The second-order valence-corrected chi connectivity index (χ2v) is 10.4. The number of aromatic nitrogens is 2. The molecule has 188 valence electrons. The number of hydrogen-bond donors (Lipinski definition) is 4. The summed E-state index contributed by atoms with van der Waals surface area (Å²) < 4.78 is 5.27. The summed E-state index contributed by atoms with van der Waals surface area (Å²) in [5.74, 6) is 0.374. The predicted molar refractivity (Wildman–Crippen MR) is 148 cm³/mol. The lowest BCUT2D eigenvalue weighted by Crippen LogP contribution is -2.36. The summed E-state index contributed by atoms with van der Waals surface area (Å²) >= 11 is 12.6. The quantitative estimate of drug-likeness (QED) is 0.204. The van der Waals surface area contributed by atoms with Gasteiger partial charge < -0.3 is 20.4 Å². The zero-order valence-electron chi connectivity index (χ0n) is 20.7. The number of halogens is 2. The Balaban J connectivity index is 1.58. The molecule has 4 N–H and O–H groups in total. The van der Waals surface area contributed by atoms with Crippen molar-refractivity contribution in [2.24, 2.45) is 0 Å². The molecule has 9 heteroatoms. The second kappa shape index (κ2) is 10.3. The number of hydrogen-bond acceptors (Lipinski definition) is 5. The molecule has 0 saturated heterocycles. The summed E-state index contributed by atoms with van der Waals surface area (Å²) in [7, 11) is 0. The molecule has 0 atom stereocenters. The molecule has 4 aromatic rings. The Morgan fingerprint density at radius 1 is 1.11 bits per heavy atom. The molecule has 2 heterocycles. The van der Waals surface area contributed by atoms with Gasteiger partial charge in [-0.1, -0.05) is 29.8 Å². The minimum absolute atomic E-state index is 0.374. The minimum Gasteiger partial charge on any atom is -0.444 e. The van der Waals surface area contributed by atoms with Crippen molar-refractivity contribution in [1.82, 2.24) is 20.6 Å². The van der Waals surface area contributed by atoms with Crippen LogP contribution >= 0.6 is 23.2 Å². The number of aryl methyl sites for hydroxylation is 1. The number of amides is 1. The standard InChI is InChI=1S/C27H29Cl2N5O2/c1-15-23(29)13-20(14-31-15)33-19-10-17(8-9-30-16(2)32-26(35)36-27(3,4)5)25-22(12-19)21-11-18(28)6-7-24(21)34-25/h6-7,10-14,30,33-34H,2,8-9H2,1,3-5H3,(H,32,35). The number of anilines is 2. The number of carbonyl (C=O) groups is 1. The smallest absolute Gasteiger partial charge is 0.413 e. The first-order valence-corrected chi connectivity index (χ1v) is 12.3. The number of fused-ring (bicyclic) bond motifs is 3. The monoisotopic (exact) mass is 525 g/mol. The van der Waals surface area contributed by atoms with E-state index >= 15 is 0 Å². The molecule has 7 nitrogen and oxygen atoms in total. The van der Waals surface area contributed by atoms with Crippen LogP contribution in [0.3, 0.4) is 0 Å². The Morgan fingerprint density at radius 3 is 2.61 bits per heavy atom. The fraction of sp³-hybridized carbons (Fsp3) is 0.259. The third-order valence-corrected chi connectivity index (χ3v) is 6.07. The van der Waals surface area contributed by atoms with Crippen LogP contribution in [0.2, 0.25) is 10.0 Å². The van der Waals surface area contributed by atoms with Gasteiger partial charge in [0.1, 0.15) is 11.4 Å². The lowest BCUT2D eigenvalue weighted by molar-refractivity contribution is 0.0542. The first-order valence-electron chi connectivity index (χ1n) is 11.5. The molecule has 0 radical (unpaired) electrons. The summed E-state index contributed by atoms with van der Waals surface area (Å²) in [6, 6.07) is 11.8. The fourth-order valence-corrected chi connectivity index (χ4v) is 4.21. The Kier molecular flexibility index (Phi) is 7.33. The Morgan fingerprint density at radius 2 is 1.89 bits per heavy atom. The summed E-state index contributed by atoms with van der Waals surface area (Å²) in [6.07, 6.45) is 1.87. The minimum atomic E-state index is -0.584. The molecule has 0 aliphatic heterocycles. The number of aromatic amines is 1. The summed E-state index contributed by atoms with van der Waals surface area (Å²) in [5, 5.41) is 12.5. The molecule has 0 fully saturated rings. The van der Waals surface area contributed by atoms with E-state index in [1.165, 1.54) is 0 Å². The first kappa shape index (κ1) is 25.7. The summed E-state index contributed by atoms with van der Waals surface area (Å²) in [4.78, 5) is 19.9. The van der Waals surface area contributed by atoms with Crippen molar-refractivity contribution in [2.75, 3.05) is 11.9 Å². The van der Waals surface area contributed by atoms with Crippen LogP contribution in [0.15, 0.2) is 55.0 Å². The van der Waals surface area contributed by atoms with E-state index in [0.717, 1.165) is 44.4 Å². The van der Waals surface area contributed by atoms with Crippen LogP contribution < -0.4 is 16.0 Å². The van der Waals surface area contributed by atoms with E-state index in [-0.39, 0.29) is 0 Å². The lowest BCUT2D eigenvalue weighted by atomic mass is 10.0. The third kappa shape index (κ3) is 6.22. The van der Waals surface area contributed by atoms with Gasteiger partial charge in [0.2, 0.25) is 0 Å². The number of rotatable bonds is 7. The van der Waals surface area contributed by atoms with E-state index in [2.05, 4.69) is 44.6 Å². The molecule has 2 aromatic heterocycles. The number of nitrogens with one attached hydrogen (secondary N) is 4. The number of ether oxygens (including phenoxy) is 1. The maximum atomic E-state index is 12.0. The number of carbonyl (C=O) groups excluding carboxylic acids is 1. The van der Waals surface area contributed by atoms with Gasteiger partial charge in [0, 0.05) is 39.1 Å². The van der Waals surface area contributed by atoms with E-state index < -0.39 is 11.7 Å². The Hall–Kier alpha value is -3.42. The van der Waals surface area contributed by atoms with E-state index in [1.807, 2.05) is 52.0 Å². The molecule has 0 unspecified atom stereocenters. The molecular formula is C27H29Cl2N5O2. The summed E-state index contributed by atoms with van der Waals surface area (Å²) in [5.41, 5.74) is 4.97. The van der Waals surface area contributed by atoms with Crippen molar-refractivity contribution in [3.8, 4) is 0 Å². The Bertz CT molecular complexity index is 1460. The molecule has 2 aromatic carbocycles. The van der Waals surface area contributed by atoms with Gasteiger partial charge in [0.15, 0.2) is 0 Å². The molecule has 0 saturated carbocycles. The SMILES string of the molecule is C=C(NCCc1cc(Nc2cnc(C)c(Cl)c2)cc2c1[nH]c1ccc(Cl)cc12)NC(=O)OC(C)(C)C. The van der Waals surface area contributed by atoms with Gasteiger partial charge >= 0.3 is 6.09 Å².